The number of rotatable bonds is 14. The number of hydrogen-bond acceptors (Lipinski definition) is 6. The molecule has 49 heavy (non-hydrogen) atoms. The summed E-state index contributed by atoms with van der Waals surface area (Å²) in [6.07, 6.45) is -2.23. The highest BCUT2D eigenvalue weighted by molar-refractivity contribution is 6.31. The van der Waals surface area contributed by atoms with Crippen LogP contribution in [-0.2, 0) is 51.0 Å². The molecule has 6 nitrogen and oxygen atoms in total. The van der Waals surface area contributed by atoms with Crippen molar-refractivity contribution in [1.29, 1.82) is 0 Å². The van der Waals surface area contributed by atoms with Crippen LogP contribution in [0, 0.1) is 0 Å². The van der Waals surface area contributed by atoms with Gasteiger partial charge in [-0.2, -0.15) is 0 Å². The lowest BCUT2D eigenvalue weighted by Gasteiger charge is -2.50. The molecular formula is C42H43ClO6. The number of benzene rings is 5. The highest BCUT2D eigenvalue weighted by Gasteiger charge is 2.56. The molecule has 0 aliphatic carbocycles. The third-order valence-corrected chi connectivity index (χ3v) is 9.14. The van der Waals surface area contributed by atoms with E-state index < -0.39 is 30.2 Å². The minimum atomic E-state index is -1.89. The molecule has 0 spiro atoms. The van der Waals surface area contributed by atoms with E-state index in [1.54, 1.807) is 12.1 Å². The maximum atomic E-state index is 12.8. The largest absolute Gasteiger partial charge is 0.494 e. The molecule has 254 valence electrons. The summed E-state index contributed by atoms with van der Waals surface area (Å²) in [7, 11) is 0. The minimum Gasteiger partial charge on any atom is -0.494 e. The van der Waals surface area contributed by atoms with Crippen molar-refractivity contribution >= 4 is 11.6 Å². The first-order valence-corrected chi connectivity index (χ1v) is 17.2. The molecule has 1 saturated heterocycles. The molecule has 0 bridgehead atoms. The van der Waals surface area contributed by atoms with Gasteiger partial charge in [0.15, 0.2) is 0 Å². The van der Waals surface area contributed by atoms with Gasteiger partial charge in [-0.15, -0.1) is 0 Å². The van der Waals surface area contributed by atoms with Crippen LogP contribution in [0.4, 0.5) is 0 Å². The van der Waals surface area contributed by atoms with E-state index >= 15 is 0 Å². The van der Waals surface area contributed by atoms with E-state index in [-0.39, 0.29) is 6.61 Å². The summed E-state index contributed by atoms with van der Waals surface area (Å²) in [5.74, 6) is -1.07. The minimum absolute atomic E-state index is 0.231. The van der Waals surface area contributed by atoms with E-state index in [1.807, 2.05) is 135 Å². The molecule has 0 radical (unpaired) electrons. The van der Waals surface area contributed by atoms with Crippen molar-refractivity contribution in [2.24, 2.45) is 0 Å². The molecule has 5 aromatic carbocycles. The summed E-state index contributed by atoms with van der Waals surface area (Å²) >= 11 is 6.76. The summed E-state index contributed by atoms with van der Waals surface area (Å²) in [6.45, 7) is 5.35. The van der Waals surface area contributed by atoms with Crippen LogP contribution >= 0.6 is 11.6 Å². The predicted octanol–water partition coefficient (Wildman–Crippen LogP) is 8.65. The smallest absolute Gasteiger partial charge is 0.222 e. The molecule has 1 N–H and O–H groups in total. The highest BCUT2D eigenvalue weighted by Crippen LogP contribution is 2.42. The van der Waals surface area contributed by atoms with Crippen LogP contribution in [-0.4, -0.2) is 36.1 Å². The van der Waals surface area contributed by atoms with Crippen molar-refractivity contribution in [3.05, 3.63) is 172 Å². The molecule has 5 aromatic rings. The Morgan fingerprint density at radius 3 is 1.73 bits per heavy atom. The molecular weight excluding hydrogens is 636 g/mol. The second-order valence-electron chi connectivity index (χ2n) is 12.3. The van der Waals surface area contributed by atoms with E-state index in [1.165, 1.54) is 0 Å². The molecule has 7 heteroatoms. The van der Waals surface area contributed by atoms with Gasteiger partial charge in [0.2, 0.25) is 5.79 Å². The molecule has 0 aromatic heterocycles. The van der Waals surface area contributed by atoms with Gasteiger partial charge in [-0.1, -0.05) is 121 Å². The lowest BCUT2D eigenvalue weighted by molar-refractivity contribution is -0.371. The first-order valence-electron chi connectivity index (χ1n) is 16.8. The zero-order chi connectivity index (χ0) is 34.1. The monoisotopic (exact) mass is 678 g/mol. The molecule has 1 fully saturated rings. The van der Waals surface area contributed by atoms with Crippen LogP contribution in [0.25, 0.3) is 0 Å². The van der Waals surface area contributed by atoms with Crippen molar-refractivity contribution in [3.63, 3.8) is 0 Å². The Labute approximate surface area is 294 Å². The van der Waals surface area contributed by atoms with Gasteiger partial charge in [0.05, 0.1) is 32.5 Å². The Hall–Kier alpha value is -4.01. The fourth-order valence-electron chi connectivity index (χ4n) is 6.25. The van der Waals surface area contributed by atoms with Crippen LogP contribution < -0.4 is 4.74 Å². The second kappa shape index (κ2) is 16.6. The highest BCUT2D eigenvalue weighted by atomic mass is 35.5. The quantitative estimate of drug-likeness (QED) is 0.127. The van der Waals surface area contributed by atoms with Crippen LogP contribution in [0.2, 0.25) is 5.02 Å². The van der Waals surface area contributed by atoms with Crippen molar-refractivity contribution in [3.8, 4) is 5.75 Å². The van der Waals surface area contributed by atoms with E-state index in [0.29, 0.717) is 36.8 Å². The van der Waals surface area contributed by atoms with Gasteiger partial charge in [0.25, 0.3) is 0 Å². The summed E-state index contributed by atoms with van der Waals surface area (Å²) < 4.78 is 32.2. The standard InChI is InChI=1S/C42H43ClO6/c1-3-45-37-22-19-31(20-23-37)25-35-26-36(21-24-38(35)43)42(44)41(48-29-34-17-11-6-12-18-34)40(47-28-33-15-9-5-10-16-33)39(30(2)49-42)46-27-32-13-7-4-8-14-32/h4-24,26,30,39-41,44H,3,25,27-29H2,1-2H3. The first-order chi connectivity index (χ1) is 23.9. The SMILES string of the molecule is CCOc1ccc(Cc2cc(C3(O)OC(C)C(OCc4ccccc4)C(OCc4ccccc4)C3OCc3ccccc3)ccc2Cl)cc1. The second-order valence-corrected chi connectivity index (χ2v) is 12.7. The zero-order valence-electron chi connectivity index (χ0n) is 27.9. The Bertz CT molecular complexity index is 1730. The third-order valence-electron chi connectivity index (χ3n) is 8.77. The zero-order valence-corrected chi connectivity index (χ0v) is 28.7. The average molecular weight is 679 g/mol. The van der Waals surface area contributed by atoms with Gasteiger partial charge in [-0.3, -0.25) is 0 Å². The normalized spacial score (nSPS) is 22.1. The topological polar surface area (TPSA) is 66.4 Å². The summed E-state index contributed by atoms with van der Waals surface area (Å²) in [5.41, 5.74) is 5.41. The van der Waals surface area contributed by atoms with Gasteiger partial charge >= 0.3 is 0 Å². The fraction of sp³-hybridized carbons (Fsp3) is 0.286. The Kier molecular flexibility index (Phi) is 11.8. The average Bonchev–Trinajstić information content (AvgIpc) is 3.13. The van der Waals surface area contributed by atoms with E-state index in [9.17, 15) is 5.11 Å². The molecule has 6 rings (SSSR count). The molecule has 0 saturated carbocycles. The fourth-order valence-corrected chi connectivity index (χ4v) is 6.43. The van der Waals surface area contributed by atoms with E-state index in [2.05, 4.69) is 0 Å². The number of hydrogen-bond donors (Lipinski definition) is 1. The van der Waals surface area contributed by atoms with Crippen molar-refractivity contribution in [2.75, 3.05) is 6.61 Å². The van der Waals surface area contributed by atoms with Crippen LogP contribution in [0.5, 0.6) is 5.75 Å². The molecule has 0 amide bonds. The lowest BCUT2D eigenvalue weighted by atomic mass is 9.86. The maximum absolute atomic E-state index is 12.8. The molecule has 1 heterocycles. The van der Waals surface area contributed by atoms with E-state index in [4.69, 9.17) is 35.3 Å². The summed E-state index contributed by atoms with van der Waals surface area (Å²) in [6, 6.07) is 43.3. The van der Waals surface area contributed by atoms with Crippen LogP contribution in [0.3, 0.4) is 0 Å². The van der Waals surface area contributed by atoms with Gasteiger partial charge in [-0.25, -0.2) is 0 Å². The van der Waals surface area contributed by atoms with Crippen LogP contribution in [0.1, 0.15) is 47.2 Å². The van der Waals surface area contributed by atoms with Crippen molar-refractivity contribution in [1.82, 2.24) is 0 Å². The van der Waals surface area contributed by atoms with Gasteiger partial charge in [0.1, 0.15) is 24.1 Å². The Morgan fingerprint density at radius 1 is 0.653 bits per heavy atom. The number of aliphatic hydroxyl groups is 1. The first kappa shape index (κ1) is 34.8. The Balaban J connectivity index is 1.35. The number of ether oxygens (including phenoxy) is 5. The molecule has 1 aliphatic heterocycles. The van der Waals surface area contributed by atoms with Crippen molar-refractivity contribution in [2.45, 2.75) is 70.3 Å². The van der Waals surface area contributed by atoms with Gasteiger partial charge in [-0.05, 0) is 72.4 Å². The van der Waals surface area contributed by atoms with Crippen molar-refractivity contribution < 1.29 is 28.8 Å². The Morgan fingerprint density at radius 2 is 1.18 bits per heavy atom. The van der Waals surface area contributed by atoms with E-state index in [0.717, 1.165) is 33.6 Å². The summed E-state index contributed by atoms with van der Waals surface area (Å²) in [5, 5.41) is 13.3. The predicted molar refractivity (Wildman–Crippen MR) is 191 cm³/mol. The van der Waals surface area contributed by atoms with Gasteiger partial charge < -0.3 is 28.8 Å². The summed E-state index contributed by atoms with van der Waals surface area (Å²) in [4.78, 5) is 0. The molecule has 5 atom stereocenters. The third kappa shape index (κ3) is 8.78. The lowest BCUT2D eigenvalue weighted by Crippen LogP contribution is -2.64. The maximum Gasteiger partial charge on any atom is 0.222 e. The van der Waals surface area contributed by atoms with Crippen LogP contribution in [0.15, 0.2) is 133 Å². The van der Waals surface area contributed by atoms with Gasteiger partial charge in [0, 0.05) is 10.6 Å². The molecule has 1 aliphatic rings. The number of halogens is 1. The molecule has 5 unspecified atom stereocenters.